The summed E-state index contributed by atoms with van der Waals surface area (Å²) in [6, 6.07) is 3.27. The van der Waals surface area contributed by atoms with E-state index >= 15 is 0 Å². The first-order chi connectivity index (χ1) is 6.26. The Morgan fingerprint density at radius 1 is 1.64 bits per heavy atom. The first-order valence-corrected chi connectivity index (χ1v) is 3.63. The number of carbonyl (C=O) groups is 1. The largest absolute Gasteiger partial charge is 0.354 e. The minimum absolute atomic E-state index is 0. The van der Waals surface area contributed by atoms with Gasteiger partial charge in [-0.1, -0.05) is 7.43 Å². The molecular weight excluding hydrogens is 178 g/mol. The van der Waals surface area contributed by atoms with Crippen LogP contribution in [0, 0.1) is 12.3 Å². The van der Waals surface area contributed by atoms with Crippen molar-refractivity contribution in [3.63, 3.8) is 0 Å². The number of rotatable bonds is 1. The summed E-state index contributed by atoms with van der Waals surface area (Å²) in [5.74, 6) is 2.04. The molecule has 76 valence electrons. The SMILES string of the molecule is C.C#CC.CNC(=O)c1cccnn1. The maximum atomic E-state index is 10.8. The normalized spacial score (nSPS) is 6.93. The Bertz CT molecular complexity index is 290. The monoisotopic (exact) mass is 193 g/mol. The first kappa shape index (κ1) is 14.6. The Morgan fingerprint density at radius 3 is 2.57 bits per heavy atom. The van der Waals surface area contributed by atoms with E-state index in [0.717, 1.165) is 0 Å². The quantitative estimate of drug-likeness (QED) is 0.680. The summed E-state index contributed by atoms with van der Waals surface area (Å²) in [4.78, 5) is 10.8. The van der Waals surface area contributed by atoms with Crippen LogP contribution in [0.3, 0.4) is 0 Å². The van der Waals surface area contributed by atoms with E-state index in [1.807, 2.05) is 0 Å². The fourth-order valence-electron chi connectivity index (χ4n) is 0.551. The second-order valence-corrected chi connectivity index (χ2v) is 1.98. The van der Waals surface area contributed by atoms with Crippen LogP contribution in [0.25, 0.3) is 0 Å². The number of hydrogen-bond donors (Lipinski definition) is 1. The molecular formula is C10H15N3O. The zero-order valence-corrected chi connectivity index (χ0v) is 7.61. The lowest BCUT2D eigenvalue weighted by molar-refractivity contribution is 0.0957. The van der Waals surface area contributed by atoms with Crippen molar-refractivity contribution in [2.45, 2.75) is 14.4 Å². The predicted octanol–water partition coefficient (Wildman–Crippen LogP) is 1.11. The van der Waals surface area contributed by atoms with Gasteiger partial charge in [-0.25, -0.2) is 0 Å². The Balaban J connectivity index is 0. The molecule has 0 unspecified atom stereocenters. The minimum atomic E-state index is -0.215. The van der Waals surface area contributed by atoms with Gasteiger partial charge in [-0.05, 0) is 19.1 Å². The zero-order chi connectivity index (χ0) is 10.1. The van der Waals surface area contributed by atoms with E-state index in [1.54, 1.807) is 26.1 Å². The van der Waals surface area contributed by atoms with Gasteiger partial charge in [0.2, 0.25) is 0 Å². The highest BCUT2D eigenvalue weighted by atomic mass is 16.1. The van der Waals surface area contributed by atoms with E-state index in [1.165, 1.54) is 6.20 Å². The predicted molar refractivity (Wildman–Crippen MR) is 56.7 cm³/mol. The van der Waals surface area contributed by atoms with Crippen molar-refractivity contribution < 1.29 is 4.79 Å². The van der Waals surface area contributed by atoms with E-state index < -0.39 is 0 Å². The molecule has 0 aliphatic carbocycles. The van der Waals surface area contributed by atoms with E-state index in [2.05, 4.69) is 27.9 Å². The molecule has 1 rings (SSSR count). The highest BCUT2D eigenvalue weighted by Crippen LogP contribution is 1.88. The molecule has 0 aromatic carbocycles. The van der Waals surface area contributed by atoms with E-state index in [9.17, 15) is 4.79 Å². The maximum Gasteiger partial charge on any atom is 0.271 e. The first-order valence-electron chi connectivity index (χ1n) is 3.63. The third-order valence-electron chi connectivity index (χ3n) is 1.03. The van der Waals surface area contributed by atoms with Crippen molar-refractivity contribution in [2.75, 3.05) is 7.05 Å². The molecule has 1 amide bonds. The van der Waals surface area contributed by atoms with E-state index in [4.69, 9.17) is 0 Å². The van der Waals surface area contributed by atoms with E-state index in [-0.39, 0.29) is 13.3 Å². The third kappa shape index (κ3) is 5.72. The number of carbonyl (C=O) groups excluding carboxylic acids is 1. The average molecular weight is 193 g/mol. The van der Waals surface area contributed by atoms with Crippen molar-refractivity contribution in [1.29, 1.82) is 0 Å². The lowest BCUT2D eigenvalue weighted by Gasteiger charge is -1.93. The van der Waals surface area contributed by atoms with E-state index in [0.29, 0.717) is 5.69 Å². The van der Waals surface area contributed by atoms with Gasteiger partial charge >= 0.3 is 0 Å². The van der Waals surface area contributed by atoms with Gasteiger partial charge in [0, 0.05) is 13.2 Å². The molecule has 0 radical (unpaired) electrons. The topological polar surface area (TPSA) is 54.9 Å². The summed E-state index contributed by atoms with van der Waals surface area (Å²) >= 11 is 0. The van der Waals surface area contributed by atoms with Crippen molar-refractivity contribution in [3.8, 4) is 12.3 Å². The summed E-state index contributed by atoms with van der Waals surface area (Å²) < 4.78 is 0. The molecule has 1 N–H and O–H groups in total. The van der Waals surface area contributed by atoms with Gasteiger partial charge < -0.3 is 5.32 Å². The third-order valence-corrected chi connectivity index (χ3v) is 1.03. The standard InChI is InChI=1S/C6H7N3O.C3H4.CH4/c1-7-6(10)5-3-2-4-8-9-5;1-3-2;/h2-4H,1H3,(H,7,10);1H,2H3;1H4. The van der Waals surface area contributed by atoms with Crippen molar-refractivity contribution >= 4 is 5.91 Å². The Hall–Kier alpha value is -1.89. The molecule has 0 bridgehead atoms. The highest BCUT2D eigenvalue weighted by Gasteiger charge is 2.01. The molecule has 0 spiro atoms. The average Bonchev–Trinajstić information content (AvgIpc) is 2.19. The summed E-state index contributed by atoms with van der Waals surface area (Å²) in [6.07, 6.45) is 6.12. The molecule has 0 saturated carbocycles. The van der Waals surface area contributed by atoms with Gasteiger partial charge in [-0.15, -0.1) is 17.4 Å². The van der Waals surface area contributed by atoms with Crippen LogP contribution in [-0.2, 0) is 0 Å². The number of terminal acetylenes is 1. The molecule has 1 aromatic heterocycles. The van der Waals surface area contributed by atoms with Gasteiger partial charge in [0.25, 0.3) is 5.91 Å². The molecule has 1 heterocycles. The molecule has 0 atom stereocenters. The zero-order valence-electron chi connectivity index (χ0n) is 7.61. The summed E-state index contributed by atoms with van der Waals surface area (Å²) in [7, 11) is 1.55. The minimum Gasteiger partial charge on any atom is -0.354 e. The summed E-state index contributed by atoms with van der Waals surface area (Å²) in [5.41, 5.74) is 0.338. The van der Waals surface area contributed by atoms with Gasteiger partial charge in [0.05, 0.1) is 0 Å². The summed E-state index contributed by atoms with van der Waals surface area (Å²) in [6.45, 7) is 1.65. The van der Waals surface area contributed by atoms with Crippen LogP contribution in [0.2, 0.25) is 0 Å². The molecule has 1 aromatic rings. The number of nitrogens with zero attached hydrogens (tertiary/aromatic N) is 2. The van der Waals surface area contributed by atoms with Crippen LogP contribution in [-0.4, -0.2) is 23.2 Å². The number of nitrogens with one attached hydrogen (secondary N) is 1. The van der Waals surface area contributed by atoms with Crippen LogP contribution in [0.5, 0.6) is 0 Å². The smallest absolute Gasteiger partial charge is 0.271 e. The molecule has 14 heavy (non-hydrogen) atoms. The Kier molecular flexibility index (Phi) is 9.61. The molecule has 0 saturated heterocycles. The molecule has 0 fully saturated rings. The maximum absolute atomic E-state index is 10.8. The van der Waals surface area contributed by atoms with Crippen LogP contribution in [0.1, 0.15) is 24.8 Å². The lowest BCUT2D eigenvalue weighted by Crippen LogP contribution is -2.19. The Morgan fingerprint density at radius 2 is 2.21 bits per heavy atom. The lowest BCUT2D eigenvalue weighted by atomic mass is 10.4. The number of hydrogen-bond acceptors (Lipinski definition) is 3. The molecule has 0 aliphatic rings. The Labute approximate surface area is 84.8 Å². The van der Waals surface area contributed by atoms with Gasteiger partial charge in [-0.2, -0.15) is 5.10 Å². The van der Waals surface area contributed by atoms with Crippen molar-refractivity contribution in [3.05, 3.63) is 24.0 Å². The van der Waals surface area contributed by atoms with Crippen LogP contribution >= 0.6 is 0 Å². The van der Waals surface area contributed by atoms with Crippen molar-refractivity contribution in [2.24, 2.45) is 0 Å². The number of amides is 1. The van der Waals surface area contributed by atoms with Gasteiger partial charge in [0.1, 0.15) is 0 Å². The second kappa shape index (κ2) is 9.20. The van der Waals surface area contributed by atoms with Crippen LogP contribution < -0.4 is 5.32 Å². The molecule has 4 nitrogen and oxygen atoms in total. The van der Waals surface area contributed by atoms with Gasteiger partial charge in [-0.3, -0.25) is 4.79 Å². The second-order valence-electron chi connectivity index (χ2n) is 1.98. The van der Waals surface area contributed by atoms with Crippen molar-refractivity contribution in [1.82, 2.24) is 15.5 Å². The highest BCUT2D eigenvalue weighted by molar-refractivity contribution is 5.91. The molecule has 4 heteroatoms. The van der Waals surface area contributed by atoms with Crippen LogP contribution in [0.15, 0.2) is 18.3 Å². The van der Waals surface area contributed by atoms with Crippen LogP contribution in [0.4, 0.5) is 0 Å². The summed E-state index contributed by atoms with van der Waals surface area (Å²) in [5, 5.41) is 9.57. The molecule has 0 aliphatic heterocycles. The fraction of sp³-hybridized carbons (Fsp3) is 0.300. The number of aromatic nitrogens is 2. The fourth-order valence-corrected chi connectivity index (χ4v) is 0.551. The van der Waals surface area contributed by atoms with Gasteiger partial charge in [0.15, 0.2) is 5.69 Å².